The molecule has 1 aromatic heterocycles. The average molecular weight is 261 g/mol. The van der Waals surface area contributed by atoms with Crippen molar-refractivity contribution in [2.45, 2.75) is 6.92 Å². The molecule has 0 saturated heterocycles. The highest BCUT2D eigenvalue weighted by molar-refractivity contribution is 5.87. The van der Waals surface area contributed by atoms with Gasteiger partial charge in [0.25, 0.3) is 0 Å². The molecule has 98 valence electrons. The summed E-state index contributed by atoms with van der Waals surface area (Å²) in [6, 6.07) is 4.51. The molecule has 0 unspecified atom stereocenters. The van der Waals surface area contributed by atoms with Gasteiger partial charge in [0.15, 0.2) is 5.69 Å². The Hall–Kier alpha value is -2.50. The number of methoxy groups -OCH3 is 1. The Bertz CT molecular complexity index is 596. The van der Waals surface area contributed by atoms with E-state index in [1.165, 1.54) is 31.6 Å². The zero-order chi connectivity index (χ0) is 13.8. The van der Waals surface area contributed by atoms with Crippen LogP contribution in [0.3, 0.4) is 0 Å². The van der Waals surface area contributed by atoms with E-state index in [0.29, 0.717) is 11.5 Å². The third kappa shape index (κ3) is 3.25. The lowest BCUT2D eigenvalue weighted by Crippen LogP contribution is -2.06. The van der Waals surface area contributed by atoms with Crippen molar-refractivity contribution < 1.29 is 13.9 Å². The van der Waals surface area contributed by atoms with Crippen LogP contribution in [0.4, 0.5) is 15.9 Å². The summed E-state index contributed by atoms with van der Waals surface area (Å²) in [6.07, 6.45) is 2.74. The Morgan fingerprint density at radius 1 is 1.32 bits per heavy atom. The number of benzene rings is 1. The molecule has 0 fully saturated rings. The Morgan fingerprint density at radius 2 is 2.11 bits per heavy atom. The summed E-state index contributed by atoms with van der Waals surface area (Å²) in [4.78, 5) is 19.2. The molecule has 0 radical (unpaired) electrons. The number of esters is 1. The quantitative estimate of drug-likeness (QED) is 0.860. The molecule has 0 spiro atoms. The van der Waals surface area contributed by atoms with Gasteiger partial charge in [-0.15, -0.1) is 0 Å². The first-order valence-corrected chi connectivity index (χ1v) is 5.53. The lowest BCUT2D eigenvalue weighted by molar-refractivity contribution is 0.0593. The van der Waals surface area contributed by atoms with Crippen LogP contribution in [0.25, 0.3) is 0 Å². The molecule has 5 nitrogen and oxygen atoms in total. The van der Waals surface area contributed by atoms with E-state index in [1.807, 2.05) is 0 Å². The van der Waals surface area contributed by atoms with Crippen molar-refractivity contribution in [3.8, 4) is 0 Å². The number of rotatable bonds is 3. The van der Waals surface area contributed by atoms with Crippen LogP contribution in [0, 0.1) is 12.7 Å². The fourth-order valence-corrected chi connectivity index (χ4v) is 1.59. The van der Waals surface area contributed by atoms with Crippen molar-refractivity contribution in [1.29, 1.82) is 0 Å². The summed E-state index contributed by atoms with van der Waals surface area (Å²) in [5.41, 5.74) is 1.40. The van der Waals surface area contributed by atoms with Crippen molar-refractivity contribution in [3.05, 3.63) is 47.7 Å². The first-order chi connectivity index (χ1) is 9.08. The molecule has 1 aromatic carbocycles. The number of aryl methyl sites for hydroxylation is 1. The Morgan fingerprint density at radius 3 is 2.79 bits per heavy atom. The van der Waals surface area contributed by atoms with Crippen molar-refractivity contribution in [1.82, 2.24) is 9.97 Å². The van der Waals surface area contributed by atoms with E-state index < -0.39 is 5.97 Å². The van der Waals surface area contributed by atoms with E-state index in [2.05, 4.69) is 20.0 Å². The Balaban J connectivity index is 2.25. The molecule has 2 rings (SSSR count). The van der Waals surface area contributed by atoms with Crippen LogP contribution in [0.1, 0.15) is 16.1 Å². The van der Waals surface area contributed by atoms with E-state index >= 15 is 0 Å². The highest BCUT2D eigenvalue weighted by Crippen LogP contribution is 2.17. The summed E-state index contributed by atoms with van der Waals surface area (Å²) in [6.45, 7) is 1.78. The summed E-state index contributed by atoms with van der Waals surface area (Å²) in [5.74, 6) is -0.584. The molecule has 1 heterocycles. The zero-order valence-corrected chi connectivity index (χ0v) is 10.5. The minimum absolute atomic E-state index is 0.0839. The fraction of sp³-hybridized carbons (Fsp3) is 0.154. The predicted molar refractivity (Wildman–Crippen MR) is 67.8 cm³/mol. The Labute approximate surface area is 109 Å². The molecule has 1 N–H and O–H groups in total. The van der Waals surface area contributed by atoms with E-state index in [9.17, 15) is 9.18 Å². The van der Waals surface area contributed by atoms with Gasteiger partial charge in [-0.3, -0.25) is 4.98 Å². The topological polar surface area (TPSA) is 64.1 Å². The summed E-state index contributed by atoms with van der Waals surface area (Å²) in [7, 11) is 1.26. The number of nitrogens with zero attached hydrogens (tertiary/aromatic N) is 2. The van der Waals surface area contributed by atoms with Crippen LogP contribution < -0.4 is 5.32 Å². The standard InChI is InChI=1S/C13H12FN3O2/c1-8-3-9(14)5-10(4-8)16-12-7-15-6-11(17-12)13(18)19-2/h3-7H,1-2H3,(H,16,17). The predicted octanol–water partition coefficient (Wildman–Crippen LogP) is 2.45. The smallest absolute Gasteiger partial charge is 0.358 e. The third-order valence-electron chi connectivity index (χ3n) is 2.34. The monoisotopic (exact) mass is 261 g/mol. The molecular formula is C13H12FN3O2. The number of carbonyl (C=O) groups is 1. The van der Waals surface area contributed by atoms with Gasteiger partial charge in [-0.25, -0.2) is 14.2 Å². The van der Waals surface area contributed by atoms with E-state index in [1.54, 1.807) is 13.0 Å². The second-order valence-corrected chi connectivity index (χ2v) is 3.92. The van der Waals surface area contributed by atoms with Gasteiger partial charge < -0.3 is 10.1 Å². The first kappa shape index (κ1) is 12.9. The van der Waals surface area contributed by atoms with Gasteiger partial charge in [-0.05, 0) is 30.7 Å². The van der Waals surface area contributed by atoms with E-state index in [-0.39, 0.29) is 11.5 Å². The maximum atomic E-state index is 13.2. The average Bonchev–Trinajstić information content (AvgIpc) is 2.37. The normalized spacial score (nSPS) is 10.1. The Kier molecular flexibility index (Phi) is 3.70. The fourth-order valence-electron chi connectivity index (χ4n) is 1.59. The summed E-state index contributed by atoms with van der Waals surface area (Å²) >= 11 is 0. The van der Waals surface area contributed by atoms with Crippen LogP contribution in [-0.4, -0.2) is 23.0 Å². The van der Waals surface area contributed by atoms with E-state index in [0.717, 1.165) is 5.56 Å². The second-order valence-electron chi connectivity index (χ2n) is 3.92. The highest BCUT2D eigenvalue weighted by atomic mass is 19.1. The largest absolute Gasteiger partial charge is 0.464 e. The first-order valence-electron chi connectivity index (χ1n) is 5.53. The molecule has 0 aliphatic rings. The summed E-state index contributed by atoms with van der Waals surface area (Å²) in [5, 5.41) is 2.88. The van der Waals surface area contributed by atoms with Crippen molar-refractivity contribution in [2.75, 3.05) is 12.4 Å². The van der Waals surface area contributed by atoms with Gasteiger partial charge in [0.1, 0.15) is 11.6 Å². The minimum atomic E-state index is -0.577. The van der Waals surface area contributed by atoms with Gasteiger partial charge in [-0.1, -0.05) is 0 Å². The number of halogens is 1. The van der Waals surface area contributed by atoms with E-state index in [4.69, 9.17) is 0 Å². The van der Waals surface area contributed by atoms with Crippen molar-refractivity contribution in [2.24, 2.45) is 0 Å². The van der Waals surface area contributed by atoms with Crippen LogP contribution in [0.2, 0.25) is 0 Å². The second kappa shape index (κ2) is 5.43. The lowest BCUT2D eigenvalue weighted by Gasteiger charge is -2.07. The summed E-state index contributed by atoms with van der Waals surface area (Å²) < 4.78 is 17.8. The molecule has 2 aromatic rings. The van der Waals surface area contributed by atoms with Gasteiger partial charge in [0.05, 0.1) is 19.5 Å². The number of hydrogen-bond donors (Lipinski definition) is 1. The van der Waals surface area contributed by atoms with Crippen LogP contribution in [0.5, 0.6) is 0 Å². The van der Waals surface area contributed by atoms with Crippen molar-refractivity contribution >= 4 is 17.5 Å². The minimum Gasteiger partial charge on any atom is -0.464 e. The maximum absolute atomic E-state index is 13.2. The van der Waals surface area contributed by atoms with Crippen LogP contribution >= 0.6 is 0 Å². The number of anilines is 2. The number of aromatic nitrogens is 2. The van der Waals surface area contributed by atoms with Crippen LogP contribution in [0.15, 0.2) is 30.6 Å². The van der Waals surface area contributed by atoms with Gasteiger partial charge in [0.2, 0.25) is 0 Å². The van der Waals surface area contributed by atoms with Gasteiger partial charge in [0, 0.05) is 5.69 Å². The lowest BCUT2D eigenvalue weighted by atomic mass is 10.2. The maximum Gasteiger partial charge on any atom is 0.358 e. The zero-order valence-electron chi connectivity index (χ0n) is 10.5. The molecule has 0 bridgehead atoms. The molecular weight excluding hydrogens is 249 g/mol. The van der Waals surface area contributed by atoms with Crippen LogP contribution in [-0.2, 0) is 4.74 Å². The molecule has 0 aliphatic heterocycles. The molecule has 19 heavy (non-hydrogen) atoms. The highest BCUT2D eigenvalue weighted by Gasteiger charge is 2.08. The van der Waals surface area contributed by atoms with Crippen molar-refractivity contribution in [3.63, 3.8) is 0 Å². The number of ether oxygens (including phenoxy) is 1. The third-order valence-corrected chi connectivity index (χ3v) is 2.34. The number of hydrogen-bond acceptors (Lipinski definition) is 5. The number of carbonyl (C=O) groups excluding carboxylic acids is 1. The van der Waals surface area contributed by atoms with Gasteiger partial charge in [-0.2, -0.15) is 0 Å². The molecule has 0 amide bonds. The van der Waals surface area contributed by atoms with Gasteiger partial charge >= 0.3 is 5.97 Å². The SMILES string of the molecule is COC(=O)c1cncc(Nc2cc(C)cc(F)c2)n1. The molecule has 0 aliphatic carbocycles. The number of nitrogens with one attached hydrogen (secondary N) is 1. The molecule has 0 saturated carbocycles. The molecule has 6 heteroatoms. The molecule has 0 atom stereocenters.